The van der Waals surface area contributed by atoms with Crippen LogP contribution in [0, 0.1) is 0 Å². The SMILES string of the molecule is O=C(NC1CCCC1)c1ccc(-n2nnc3ccccc3c2=O)cc1. The maximum absolute atomic E-state index is 12.6. The van der Waals surface area contributed by atoms with Gasteiger partial charge in [-0.15, -0.1) is 5.10 Å². The van der Waals surface area contributed by atoms with Gasteiger partial charge in [-0.25, -0.2) is 0 Å². The molecule has 6 heteroatoms. The van der Waals surface area contributed by atoms with Crippen molar-refractivity contribution >= 4 is 16.8 Å². The highest BCUT2D eigenvalue weighted by atomic mass is 16.1. The zero-order valence-electron chi connectivity index (χ0n) is 13.7. The molecule has 0 saturated heterocycles. The summed E-state index contributed by atoms with van der Waals surface area (Å²) >= 11 is 0. The maximum Gasteiger partial charge on any atom is 0.282 e. The first-order valence-corrected chi connectivity index (χ1v) is 8.48. The van der Waals surface area contributed by atoms with Gasteiger partial charge >= 0.3 is 0 Å². The number of nitrogens with zero attached hydrogens (tertiary/aromatic N) is 3. The van der Waals surface area contributed by atoms with Crippen molar-refractivity contribution in [2.24, 2.45) is 0 Å². The number of carbonyl (C=O) groups is 1. The van der Waals surface area contributed by atoms with Crippen LogP contribution in [0.4, 0.5) is 0 Å². The van der Waals surface area contributed by atoms with E-state index in [9.17, 15) is 9.59 Å². The van der Waals surface area contributed by atoms with E-state index in [0.717, 1.165) is 12.8 Å². The zero-order chi connectivity index (χ0) is 17.2. The average molecular weight is 334 g/mol. The van der Waals surface area contributed by atoms with Crippen LogP contribution >= 0.6 is 0 Å². The van der Waals surface area contributed by atoms with Crippen LogP contribution in [0.1, 0.15) is 36.0 Å². The van der Waals surface area contributed by atoms with Crippen LogP contribution in [0.5, 0.6) is 0 Å². The van der Waals surface area contributed by atoms with E-state index in [4.69, 9.17) is 0 Å². The van der Waals surface area contributed by atoms with E-state index in [2.05, 4.69) is 15.6 Å². The number of amides is 1. The standard InChI is InChI=1S/C19H18N4O2/c24-18(20-14-5-1-2-6-14)13-9-11-15(12-10-13)23-19(25)16-7-3-4-8-17(16)21-22-23/h3-4,7-12,14H,1-2,5-6H2,(H,20,24). The van der Waals surface area contributed by atoms with Gasteiger partial charge in [0, 0.05) is 11.6 Å². The summed E-state index contributed by atoms with van der Waals surface area (Å²) in [5.74, 6) is -0.0737. The molecule has 1 amide bonds. The molecule has 0 radical (unpaired) electrons. The predicted molar refractivity (Wildman–Crippen MR) is 94.9 cm³/mol. The number of benzene rings is 2. The molecule has 0 atom stereocenters. The Hall–Kier alpha value is -3.02. The molecule has 1 fully saturated rings. The Kier molecular flexibility index (Phi) is 4.01. The summed E-state index contributed by atoms with van der Waals surface area (Å²) in [6, 6.07) is 14.2. The summed E-state index contributed by atoms with van der Waals surface area (Å²) in [6.07, 6.45) is 4.44. The quantitative estimate of drug-likeness (QED) is 0.798. The number of nitrogens with one attached hydrogen (secondary N) is 1. The van der Waals surface area contributed by atoms with Gasteiger partial charge in [0.1, 0.15) is 5.52 Å². The van der Waals surface area contributed by atoms with Gasteiger partial charge in [0.25, 0.3) is 11.5 Å². The van der Waals surface area contributed by atoms with E-state index in [1.54, 1.807) is 42.5 Å². The smallest absolute Gasteiger partial charge is 0.282 e. The van der Waals surface area contributed by atoms with Crippen molar-refractivity contribution in [1.29, 1.82) is 0 Å². The average Bonchev–Trinajstić information content (AvgIpc) is 3.15. The second-order valence-corrected chi connectivity index (χ2v) is 6.33. The first-order chi connectivity index (χ1) is 12.2. The molecule has 2 aromatic carbocycles. The van der Waals surface area contributed by atoms with Crippen LogP contribution < -0.4 is 10.9 Å². The molecule has 25 heavy (non-hydrogen) atoms. The Labute approximate surface area is 144 Å². The number of fused-ring (bicyclic) bond motifs is 1. The number of aromatic nitrogens is 3. The highest BCUT2D eigenvalue weighted by Gasteiger charge is 2.18. The molecule has 1 saturated carbocycles. The monoisotopic (exact) mass is 334 g/mol. The minimum Gasteiger partial charge on any atom is -0.349 e. The summed E-state index contributed by atoms with van der Waals surface area (Å²) in [7, 11) is 0. The lowest BCUT2D eigenvalue weighted by atomic mass is 10.1. The third-order valence-corrected chi connectivity index (χ3v) is 4.63. The molecule has 0 spiro atoms. The maximum atomic E-state index is 12.6. The molecule has 1 heterocycles. The first-order valence-electron chi connectivity index (χ1n) is 8.48. The normalized spacial score (nSPS) is 14.7. The van der Waals surface area contributed by atoms with Gasteiger partial charge < -0.3 is 5.32 Å². The van der Waals surface area contributed by atoms with Crippen molar-refractivity contribution in [2.45, 2.75) is 31.7 Å². The largest absolute Gasteiger partial charge is 0.349 e. The lowest BCUT2D eigenvalue weighted by Gasteiger charge is -2.12. The van der Waals surface area contributed by atoms with Crippen LogP contribution in [0.15, 0.2) is 53.3 Å². The Morgan fingerprint density at radius 1 is 1.04 bits per heavy atom. The first kappa shape index (κ1) is 15.5. The highest BCUT2D eigenvalue weighted by molar-refractivity contribution is 5.94. The third-order valence-electron chi connectivity index (χ3n) is 4.63. The molecule has 1 aliphatic carbocycles. The Morgan fingerprint density at radius 3 is 2.52 bits per heavy atom. The molecule has 0 bridgehead atoms. The van der Waals surface area contributed by atoms with Crippen LogP contribution in [0.25, 0.3) is 16.6 Å². The molecular formula is C19H18N4O2. The molecule has 6 nitrogen and oxygen atoms in total. The molecule has 126 valence electrons. The lowest BCUT2D eigenvalue weighted by Crippen LogP contribution is -2.32. The van der Waals surface area contributed by atoms with Crippen molar-refractivity contribution in [3.8, 4) is 5.69 Å². The Morgan fingerprint density at radius 2 is 1.76 bits per heavy atom. The van der Waals surface area contributed by atoms with Gasteiger partial charge in [-0.05, 0) is 49.2 Å². The van der Waals surface area contributed by atoms with E-state index in [0.29, 0.717) is 22.2 Å². The number of rotatable bonds is 3. The van der Waals surface area contributed by atoms with Crippen molar-refractivity contribution in [3.63, 3.8) is 0 Å². The van der Waals surface area contributed by atoms with E-state index in [1.165, 1.54) is 17.5 Å². The molecule has 0 unspecified atom stereocenters. The summed E-state index contributed by atoms with van der Waals surface area (Å²) < 4.78 is 1.25. The fraction of sp³-hybridized carbons (Fsp3) is 0.263. The van der Waals surface area contributed by atoms with E-state index in [1.807, 2.05) is 6.07 Å². The predicted octanol–water partition coefficient (Wildman–Crippen LogP) is 2.45. The number of hydrogen-bond acceptors (Lipinski definition) is 4. The van der Waals surface area contributed by atoms with Crippen LogP contribution in [0.3, 0.4) is 0 Å². The van der Waals surface area contributed by atoms with Crippen molar-refractivity contribution in [3.05, 3.63) is 64.4 Å². The minimum atomic E-state index is -0.228. The second-order valence-electron chi connectivity index (χ2n) is 6.33. The number of carbonyl (C=O) groups excluding carboxylic acids is 1. The molecule has 1 aliphatic rings. The van der Waals surface area contributed by atoms with Gasteiger partial charge in [0.2, 0.25) is 0 Å². The van der Waals surface area contributed by atoms with Gasteiger partial charge in [-0.3, -0.25) is 9.59 Å². The van der Waals surface area contributed by atoms with Gasteiger partial charge in [0.15, 0.2) is 0 Å². The molecule has 3 aromatic rings. The molecule has 1 N–H and O–H groups in total. The lowest BCUT2D eigenvalue weighted by molar-refractivity contribution is 0.0938. The van der Waals surface area contributed by atoms with Crippen LogP contribution in [0.2, 0.25) is 0 Å². The van der Waals surface area contributed by atoms with Gasteiger partial charge in [-0.1, -0.05) is 30.2 Å². The van der Waals surface area contributed by atoms with Gasteiger partial charge in [0.05, 0.1) is 11.1 Å². The summed E-state index contributed by atoms with van der Waals surface area (Å²) in [5.41, 5.74) is 1.50. The van der Waals surface area contributed by atoms with Crippen LogP contribution in [-0.2, 0) is 0 Å². The fourth-order valence-electron chi connectivity index (χ4n) is 3.25. The van der Waals surface area contributed by atoms with Crippen molar-refractivity contribution < 1.29 is 4.79 Å². The Balaban J connectivity index is 1.61. The van der Waals surface area contributed by atoms with Crippen LogP contribution in [-0.4, -0.2) is 26.9 Å². The molecule has 1 aromatic heterocycles. The summed E-state index contributed by atoms with van der Waals surface area (Å²) in [4.78, 5) is 24.8. The fourth-order valence-corrected chi connectivity index (χ4v) is 3.25. The topological polar surface area (TPSA) is 76.9 Å². The zero-order valence-corrected chi connectivity index (χ0v) is 13.7. The molecular weight excluding hydrogens is 316 g/mol. The van der Waals surface area contributed by atoms with Crippen molar-refractivity contribution in [2.75, 3.05) is 0 Å². The summed E-state index contributed by atoms with van der Waals surface area (Å²) in [5, 5.41) is 11.6. The summed E-state index contributed by atoms with van der Waals surface area (Å²) in [6.45, 7) is 0. The van der Waals surface area contributed by atoms with E-state index >= 15 is 0 Å². The van der Waals surface area contributed by atoms with E-state index in [-0.39, 0.29) is 17.5 Å². The Bertz CT molecular complexity index is 973. The van der Waals surface area contributed by atoms with Gasteiger partial charge in [-0.2, -0.15) is 4.68 Å². The molecule has 4 rings (SSSR count). The number of hydrogen-bond donors (Lipinski definition) is 1. The minimum absolute atomic E-state index is 0.0737. The third kappa shape index (κ3) is 3.03. The second kappa shape index (κ2) is 6.47. The highest BCUT2D eigenvalue weighted by Crippen LogP contribution is 2.18. The molecule has 0 aliphatic heterocycles. The van der Waals surface area contributed by atoms with E-state index < -0.39 is 0 Å². The van der Waals surface area contributed by atoms with Crippen molar-refractivity contribution in [1.82, 2.24) is 20.3 Å².